The lowest BCUT2D eigenvalue weighted by atomic mass is 10.1. The van der Waals surface area contributed by atoms with Crippen LogP contribution < -0.4 is 5.32 Å². The van der Waals surface area contributed by atoms with E-state index in [1.54, 1.807) is 0 Å². The molecule has 1 rings (SSSR count). The van der Waals surface area contributed by atoms with Crippen molar-refractivity contribution in [3.05, 3.63) is 0 Å². The summed E-state index contributed by atoms with van der Waals surface area (Å²) in [4.78, 5) is 11.9. The minimum absolute atomic E-state index is 0.00956. The fourth-order valence-electron chi connectivity index (χ4n) is 1.63. The van der Waals surface area contributed by atoms with Crippen LogP contribution in [0.4, 0.5) is 13.2 Å². The smallest absolute Gasteiger partial charge is 0.373 e. The SMILES string of the molecule is CC(C)(C)NCC1CN(C(=O)C(F)(F)F)CCO1. The minimum atomic E-state index is -4.81. The molecular formula is C11H19F3N2O2. The average molecular weight is 268 g/mol. The Labute approximate surface area is 104 Å². The minimum Gasteiger partial charge on any atom is -0.373 e. The van der Waals surface area contributed by atoms with E-state index in [2.05, 4.69) is 5.32 Å². The first kappa shape index (κ1) is 15.2. The van der Waals surface area contributed by atoms with Crippen LogP contribution in [0.1, 0.15) is 20.8 Å². The van der Waals surface area contributed by atoms with E-state index in [1.807, 2.05) is 20.8 Å². The van der Waals surface area contributed by atoms with Crippen LogP contribution in [-0.2, 0) is 9.53 Å². The van der Waals surface area contributed by atoms with Crippen molar-refractivity contribution < 1.29 is 22.7 Å². The number of alkyl halides is 3. The number of nitrogens with one attached hydrogen (secondary N) is 1. The van der Waals surface area contributed by atoms with Gasteiger partial charge in [0.1, 0.15) is 0 Å². The van der Waals surface area contributed by atoms with E-state index in [1.165, 1.54) is 0 Å². The predicted octanol–water partition coefficient (Wildman–Crippen LogP) is 1.16. The second kappa shape index (κ2) is 5.44. The molecule has 0 spiro atoms. The highest BCUT2D eigenvalue weighted by Crippen LogP contribution is 2.20. The third-order valence-corrected chi connectivity index (χ3v) is 2.53. The Morgan fingerprint density at radius 3 is 2.50 bits per heavy atom. The molecule has 0 aromatic rings. The second-order valence-corrected chi connectivity index (χ2v) is 5.37. The lowest BCUT2D eigenvalue weighted by Gasteiger charge is -2.34. The number of amides is 1. The van der Waals surface area contributed by atoms with Crippen LogP contribution in [0, 0.1) is 0 Å². The van der Waals surface area contributed by atoms with Crippen molar-refractivity contribution >= 4 is 5.91 Å². The zero-order chi connectivity index (χ0) is 14.0. The van der Waals surface area contributed by atoms with Gasteiger partial charge in [-0.05, 0) is 20.8 Å². The molecule has 1 atom stereocenters. The van der Waals surface area contributed by atoms with E-state index in [9.17, 15) is 18.0 Å². The van der Waals surface area contributed by atoms with E-state index in [0.717, 1.165) is 4.90 Å². The molecule has 1 aliphatic rings. The lowest BCUT2D eigenvalue weighted by molar-refractivity contribution is -0.191. The van der Waals surface area contributed by atoms with Crippen molar-refractivity contribution in [2.45, 2.75) is 38.6 Å². The number of hydrogen-bond donors (Lipinski definition) is 1. The van der Waals surface area contributed by atoms with Gasteiger partial charge in [0, 0.05) is 25.2 Å². The molecule has 0 aromatic heterocycles. The predicted molar refractivity (Wildman–Crippen MR) is 60.1 cm³/mol. The maximum atomic E-state index is 12.3. The van der Waals surface area contributed by atoms with Gasteiger partial charge in [0.2, 0.25) is 0 Å². The Morgan fingerprint density at radius 1 is 1.39 bits per heavy atom. The number of carbonyl (C=O) groups excluding carboxylic acids is 1. The Kier molecular flexibility index (Phi) is 4.61. The van der Waals surface area contributed by atoms with Crippen LogP contribution in [0.15, 0.2) is 0 Å². The molecule has 1 heterocycles. The molecule has 0 aliphatic carbocycles. The van der Waals surface area contributed by atoms with Crippen LogP contribution in [0.3, 0.4) is 0 Å². The molecule has 0 aromatic carbocycles. The van der Waals surface area contributed by atoms with Gasteiger partial charge in [-0.3, -0.25) is 4.79 Å². The topological polar surface area (TPSA) is 41.6 Å². The van der Waals surface area contributed by atoms with Crippen molar-refractivity contribution in [2.75, 3.05) is 26.2 Å². The van der Waals surface area contributed by atoms with Crippen LogP contribution >= 0.6 is 0 Å². The molecule has 1 fully saturated rings. The molecular weight excluding hydrogens is 249 g/mol. The number of ether oxygens (including phenoxy) is 1. The summed E-state index contributed by atoms with van der Waals surface area (Å²) >= 11 is 0. The normalized spacial score (nSPS) is 22.1. The monoisotopic (exact) mass is 268 g/mol. The molecule has 0 bridgehead atoms. The summed E-state index contributed by atoms with van der Waals surface area (Å²) in [6.45, 7) is 6.38. The number of carbonyl (C=O) groups is 1. The lowest BCUT2D eigenvalue weighted by Crippen LogP contribution is -2.54. The summed E-state index contributed by atoms with van der Waals surface area (Å²) in [5.74, 6) is -1.79. The molecule has 106 valence electrons. The molecule has 1 aliphatic heterocycles. The zero-order valence-electron chi connectivity index (χ0n) is 10.8. The summed E-state index contributed by atoms with van der Waals surface area (Å²) in [5, 5.41) is 3.15. The highest BCUT2D eigenvalue weighted by Gasteiger charge is 2.43. The molecule has 1 saturated heterocycles. The van der Waals surface area contributed by atoms with Crippen LogP contribution in [-0.4, -0.2) is 54.9 Å². The molecule has 0 radical (unpaired) electrons. The Morgan fingerprint density at radius 2 is 2.00 bits per heavy atom. The average Bonchev–Trinajstić information content (AvgIpc) is 2.23. The molecule has 7 heteroatoms. The first-order valence-electron chi connectivity index (χ1n) is 5.82. The number of hydrogen-bond acceptors (Lipinski definition) is 3. The Hall–Kier alpha value is -0.820. The first-order valence-corrected chi connectivity index (χ1v) is 5.82. The van der Waals surface area contributed by atoms with E-state index < -0.39 is 18.2 Å². The van der Waals surface area contributed by atoms with E-state index in [-0.39, 0.29) is 25.2 Å². The highest BCUT2D eigenvalue weighted by molar-refractivity contribution is 5.81. The molecule has 18 heavy (non-hydrogen) atoms. The van der Waals surface area contributed by atoms with Crippen molar-refractivity contribution in [1.82, 2.24) is 10.2 Å². The van der Waals surface area contributed by atoms with Gasteiger partial charge in [0.05, 0.1) is 12.7 Å². The van der Waals surface area contributed by atoms with Crippen LogP contribution in [0.2, 0.25) is 0 Å². The van der Waals surface area contributed by atoms with Gasteiger partial charge < -0.3 is 15.0 Å². The van der Waals surface area contributed by atoms with E-state index in [0.29, 0.717) is 6.54 Å². The zero-order valence-corrected chi connectivity index (χ0v) is 10.8. The van der Waals surface area contributed by atoms with Gasteiger partial charge in [-0.1, -0.05) is 0 Å². The Bertz CT molecular complexity index is 300. The first-order chi connectivity index (χ1) is 8.09. The van der Waals surface area contributed by atoms with Gasteiger partial charge in [0.25, 0.3) is 0 Å². The van der Waals surface area contributed by atoms with Crippen LogP contribution in [0.25, 0.3) is 0 Å². The second-order valence-electron chi connectivity index (χ2n) is 5.37. The van der Waals surface area contributed by atoms with Gasteiger partial charge in [-0.25, -0.2) is 0 Å². The summed E-state index contributed by atoms with van der Waals surface area (Å²) in [7, 11) is 0. The standard InChI is InChI=1S/C11H19F3N2O2/c1-10(2,3)15-6-8-7-16(4-5-18-8)9(17)11(12,13)14/h8,15H,4-7H2,1-3H3. The molecule has 1 N–H and O–H groups in total. The van der Waals surface area contributed by atoms with Gasteiger partial charge in [0.15, 0.2) is 0 Å². The molecule has 1 unspecified atom stereocenters. The summed E-state index contributed by atoms with van der Waals surface area (Å²) < 4.78 is 42.2. The highest BCUT2D eigenvalue weighted by atomic mass is 19.4. The van der Waals surface area contributed by atoms with Crippen LogP contribution in [0.5, 0.6) is 0 Å². The van der Waals surface area contributed by atoms with Gasteiger partial charge in [-0.2, -0.15) is 13.2 Å². The maximum absolute atomic E-state index is 12.3. The van der Waals surface area contributed by atoms with Crippen molar-refractivity contribution in [3.8, 4) is 0 Å². The maximum Gasteiger partial charge on any atom is 0.471 e. The molecule has 1 amide bonds. The van der Waals surface area contributed by atoms with Gasteiger partial charge in [-0.15, -0.1) is 0 Å². The summed E-state index contributed by atoms with van der Waals surface area (Å²) in [5.41, 5.74) is -0.139. The summed E-state index contributed by atoms with van der Waals surface area (Å²) in [6.07, 6.45) is -5.21. The fourth-order valence-corrected chi connectivity index (χ4v) is 1.63. The number of nitrogens with zero attached hydrogens (tertiary/aromatic N) is 1. The quantitative estimate of drug-likeness (QED) is 0.817. The van der Waals surface area contributed by atoms with E-state index >= 15 is 0 Å². The van der Waals surface area contributed by atoms with Crippen molar-refractivity contribution in [3.63, 3.8) is 0 Å². The third-order valence-electron chi connectivity index (χ3n) is 2.53. The third kappa shape index (κ3) is 4.81. The molecule has 0 saturated carbocycles. The summed E-state index contributed by atoms with van der Waals surface area (Å²) in [6, 6.07) is 0. The largest absolute Gasteiger partial charge is 0.471 e. The Balaban J connectivity index is 2.49. The number of rotatable bonds is 2. The molecule has 4 nitrogen and oxygen atoms in total. The fraction of sp³-hybridized carbons (Fsp3) is 0.909. The van der Waals surface area contributed by atoms with Gasteiger partial charge >= 0.3 is 12.1 Å². The van der Waals surface area contributed by atoms with Crippen molar-refractivity contribution in [1.29, 1.82) is 0 Å². The number of halogens is 3. The number of morpholine rings is 1. The van der Waals surface area contributed by atoms with E-state index in [4.69, 9.17) is 4.74 Å². The van der Waals surface area contributed by atoms with Crippen molar-refractivity contribution in [2.24, 2.45) is 0 Å².